The van der Waals surface area contributed by atoms with Crippen LogP contribution in [0.25, 0.3) is 0 Å². The van der Waals surface area contributed by atoms with Crippen molar-refractivity contribution < 1.29 is 44.8 Å². The normalized spacial score (nSPS) is 36.9. The molecule has 0 aromatic heterocycles. The number of hydrogen-bond acceptors (Lipinski definition) is 8. The van der Waals surface area contributed by atoms with Crippen LogP contribution in [-0.2, 0) is 34.2 Å². The Labute approximate surface area is 188 Å². The number of aliphatic hydroxyl groups is 1. The lowest BCUT2D eigenvalue weighted by Crippen LogP contribution is -2.58. The van der Waals surface area contributed by atoms with Gasteiger partial charge in [-0.2, -0.15) is 16.8 Å². The van der Waals surface area contributed by atoms with Crippen molar-refractivity contribution in [3.05, 3.63) is 23.8 Å². The lowest BCUT2D eigenvalue weighted by Gasteiger charge is -2.60. The molecule has 3 N–H and O–H groups in total. The molecule has 2 fully saturated rings. The highest BCUT2D eigenvalue weighted by Crippen LogP contribution is 2.62. The Morgan fingerprint density at radius 1 is 1.25 bits per heavy atom. The number of cyclic esters (lactones) is 1. The van der Waals surface area contributed by atoms with Crippen molar-refractivity contribution in [2.24, 2.45) is 22.7 Å². The van der Waals surface area contributed by atoms with Gasteiger partial charge in [-0.1, -0.05) is 26.0 Å². The fourth-order valence-electron chi connectivity index (χ4n) is 6.18. The van der Waals surface area contributed by atoms with E-state index < -0.39 is 61.2 Å². The van der Waals surface area contributed by atoms with E-state index in [0.717, 1.165) is 5.57 Å². The van der Waals surface area contributed by atoms with Crippen LogP contribution in [0, 0.1) is 22.7 Å². The maximum Gasteiger partial charge on any atom is 0.397 e. The van der Waals surface area contributed by atoms with Gasteiger partial charge in [0.15, 0.2) is 0 Å². The van der Waals surface area contributed by atoms with Gasteiger partial charge in [-0.15, -0.1) is 0 Å². The van der Waals surface area contributed by atoms with Crippen molar-refractivity contribution in [2.75, 3.05) is 13.2 Å². The summed E-state index contributed by atoms with van der Waals surface area (Å²) in [5.74, 6) is -1.54. The average molecular weight is 495 g/mol. The summed E-state index contributed by atoms with van der Waals surface area (Å²) in [6.07, 6.45) is 1.92. The van der Waals surface area contributed by atoms with Gasteiger partial charge in [0, 0.05) is 5.41 Å². The minimum atomic E-state index is -4.74. The van der Waals surface area contributed by atoms with Crippen molar-refractivity contribution in [3.8, 4) is 0 Å². The number of aliphatic hydroxyl groups excluding tert-OH is 1. The van der Waals surface area contributed by atoms with Crippen molar-refractivity contribution >= 4 is 26.5 Å². The first-order valence-electron chi connectivity index (χ1n) is 10.4. The second kappa shape index (κ2) is 8.48. The molecule has 0 amide bonds. The molecular weight excluding hydrogens is 464 g/mol. The molecule has 0 radical (unpaired) electrons. The molecule has 3 rings (SSSR count). The highest BCUT2D eigenvalue weighted by molar-refractivity contribution is 7.86. The van der Waals surface area contributed by atoms with Gasteiger partial charge in [0.05, 0.1) is 18.3 Å². The highest BCUT2D eigenvalue weighted by atomic mass is 32.3. The molecule has 32 heavy (non-hydrogen) atoms. The SMILES string of the molecule is C=C1CCC2[C@](C)(CO)[C@H](OS(=O)(=O)O)CC[C@@]2(C)[C@@H]1C[C@H](C1=CCOC1=O)S(=O)(=O)O. The van der Waals surface area contributed by atoms with E-state index in [-0.39, 0.29) is 30.9 Å². The second-order valence-corrected chi connectivity index (χ2v) is 12.2. The lowest BCUT2D eigenvalue weighted by atomic mass is 9.46. The van der Waals surface area contributed by atoms with Crippen LogP contribution < -0.4 is 0 Å². The molecule has 0 saturated heterocycles. The molecule has 0 aromatic rings. The molecule has 182 valence electrons. The highest BCUT2D eigenvalue weighted by Gasteiger charge is 2.59. The standard InChI is InChI=1S/C20H30O10S2/c1-12-4-5-16-19(2,8-6-17(20(16,3)11-21)30-32(26,27)28)14(12)10-15(31(23,24)25)13-7-9-29-18(13)22/h7,14-17,21H,1,4-6,8-11H2,2-3H3,(H,23,24,25)(H,26,27,28)/t14-,15-,16?,17-,19+,20+/m1/s1. The molecule has 0 bridgehead atoms. The molecule has 0 spiro atoms. The largest absolute Gasteiger partial charge is 0.458 e. The van der Waals surface area contributed by atoms with Crippen LogP contribution in [0.2, 0.25) is 0 Å². The third-order valence-corrected chi connectivity index (χ3v) is 9.44. The summed E-state index contributed by atoms with van der Waals surface area (Å²) in [5, 5.41) is 8.77. The second-order valence-electron chi connectivity index (χ2n) is 9.52. The topological polar surface area (TPSA) is 164 Å². The quantitative estimate of drug-likeness (QED) is 0.269. The van der Waals surface area contributed by atoms with Crippen LogP contribution in [0.5, 0.6) is 0 Å². The van der Waals surface area contributed by atoms with Crippen molar-refractivity contribution in [1.29, 1.82) is 0 Å². The zero-order valence-corrected chi connectivity index (χ0v) is 19.7. The van der Waals surface area contributed by atoms with E-state index >= 15 is 0 Å². The maximum atomic E-state index is 12.2. The van der Waals surface area contributed by atoms with E-state index in [0.29, 0.717) is 19.3 Å². The molecule has 2 saturated carbocycles. The Hall–Kier alpha value is -1.31. The van der Waals surface area contributed by atoms with E-state index in [4.69, 9.17) is 8.92 Å². The van der Waals surface area contributed by atoms with E-state index in [1.807, 2.05) is 6.92 Å². The van der Waals surface area contributed by atoms with Crippen LogP contribution in [0.3, 0.4) is 0 Å². The fourth-order valence-corrected chi connectivity index (χ4v) is 7.74. The maximum absolute atomic E-state index is 12.2. The zero-order valence-electron chi connectivity index (χ0n) is 18.1. The number of carbonyl (C=O) groups excluding carboxylic acids is 1. The van der Waals surface area contributed by atoms with Gasteiger partial charge in [-0.3, -0.25) is 9.11 Å². The minimum Gasteiger partial charge on any atom is -0.458 e. The Balaban J connectivity index is 2.00. The van der Waals surface area contributed by atoms with Crippen molar-refractivity contribution in [1.82, 2.24) is 0 Å². The molecule has 0 aromatic carbocycles. The van der Waals surface area contributed by atoms with E-state index in [2.05, 4.69) is 6.58 Å². The summed E-state index contributed by atoms with van der Waals surface area (Å²) in [6.45, 7) is 7.26. The molecule has 12 heteroatoms. The molecule has 1 aliphatic heterocycles. The number of ether oxygens (including phenoxy) is 1. The summed E-state index contributed by atoms with van der Waals surface area (Å²) in [5.41, 5.74) is -1.02. The van der Waals surface area contributed by atoms with Crippen LogP contribution in [0.15, 0.2) is 23.8 Å². The monoisotopic (exact) mass is 494 g/mol. The third kappa shape index (κ3) is 4.53. The zero-order chi connectivity index (χ0) is 24.1. The average Bonchev–Trinajstić information content (AvgIpc) is 3.07. The Morgan fingerprint density at radius 2 is 1.91 bits per heavy atom. The first-order chi connectivity index (χ1) is 14.6. The van der Waals surface area contributed by atoms with Gasteiger partial charge in [0.2, 0.25) is 0 Å². The molecule has 6 atom stereocenters. The van der Waals surface area contributed by atoms with Crippen molar-refractivity contribution in [2.45, 2.75) is 57.3 Å². The van der Waals surface area contributed by atoms with E-state index in [1.54, 1.807) is 6.92 Å². The predicted molar refractivity (Wildman–Crippen MR) is 113 cm³/mol. The Morgan fingerprint density at radius 3 is 2.41 bits per heavy atom. The van der Waals surface area contributed by atoms with Gasteiger partial charge in [0.25, 0.3) is 10.1 Å². The number of rotatable bonds is 7. The van der Waals surface area contributed by atoms with Gasteiger partial charge >= 0.3 is 16.4 Å². The molecule has 1 heterocycles. The smallest absolute Gasteiger partial charge is 0.397 e. The van der Waals surface area contributed by atoms with Gasteiger partial charge in [0.1, 0.15) is 11.9 Å². The fraction of sp³-hybridized carbons (Fsp3) is 0.750. The minimum absolute atomic E-state index is 0.0665. The van der Waals surface area contributed by atoms with Crippen LogP contribution in [0.4, 0.5) is 0 Å². The predicted octanol–water partition coefficient (Wildman–Crippen LogP) is 1.69. The van der Waals surface area contributed by atoms with Crippen molar-refractivity contribution in [3.63, 3.8) is 0 Å². The number of allylic oxidation sites excluding steroid dienone is 1. The van der Waals surface area contributed by atoms with Crippen LogP contribution in [-0.4, -0.2) is 61.6 Å². The van der Waals surface area contributed by atoms with Crippen LogP contribution in [0.1, 0.15) is 46.0 Å². The summed E-state index contributed by atoms with van der Waals surface area (Å²) >= 11 is 0. The number of hydrogen-bond donors (Lipinski definition) is 3. The summed E-state index contributed by atoms with van der Waals surface area (Å²) in [4.78, 5) is 12.1. The number of carbonyl (C=O) groups is 1. The molecular formula is C20H30O10S2. The van der Waals surface area contributed by atoms with Crippen LogP contribution >= 0.6 is 0 Å². The number of fused-ring (bicyclic) bond motifs is 1. The molecule has 10 nitrogen and oxygen atoms in total. The Bertz CT molecular complexity index is 1030. The number of esters is 1. The van der Waals surface area contributed by atoms with Gasteiger partial charge in [-0.05, 0) is 55.4 Å². The third-order valence-electron chi connectivity index (χ3n) is 7.80. The first kappa shape index (κ1) is 25.3. The molecule has 2 aliphatic carbocycles. The van der Waals surface area contributed by atoms with E-state index in [1.165, 1.54) is 6.08 Å². The first-order valence-corrected chi connectivity index (χ1v) is 13.3. The molecule has 1 unspecified atom stereocenters. The summed E-state index contributed by atoms with van der Waals surface area (Å²) in [6, 6.07) is 0. The van der Waals surface area contributed by atoms with Gasteiger partial charge in [-0.25, -0.2) is 8.98 Å². The summed E-state index contributed by atoms with van der Waals surface area (Å²) in [7, 11) is -9.38. The van der Waals surface area contributed by atoms with Gasteiger partial charge < -0.3 is 9.84 Å². The molecule has 3 aliphatic rings. The van der Waals surface area contributed by atoms with E-state index in [9.17, 15) is 35.8 Å². The Kier molecular flexibility index (Phi) is 6.71. The lowest BCUT2D eigenvalue weighted by molar-refractivity contribution is -0.144. The summed E-state index contributed by atoms with van der Waals surface area (Å²) < 4.78 is 76.1.